The Balaban J connectivity index is 1.82. The Morgan fingerprint density at radius 3 is 3.00 bits per heavy atom. The zero-order chi connectivity index (χ0) is 11.4. The highest BCUT2D eigenvalue weighted by molar-refractivity contribution is 7.07. The molecule has 1 aliphatic carbocycles. The van der Waals surface area contributed by atoms with Crippen molar-refractivity contribution in [3.8, 4) is 0 Å². The number of amides is 1. The molecule has 1 aliphatic rings. The van der Waals surface area contributed by atoms with E-state index in [2.05, 4.69) is 5.32 Å². The lowest BCUT2D eigenvalue weighted by atomic mass is 9.91. The summed E-state index contributed by atoms with van der Waals surface area (Å²) in [5, 5.41) is 7.06. The molecule has 0 radical (unpaired) electrons. The first-order valence-electron chi connectivity index (χ1n) is 5.82. The first-order valence-corrected chi connectivity index (χ1v) is 6.76. The van der Waals surface area contributed by atoms with Crippen molar-refractivity contribution in [2.24, 2.45) is 5.73 Å². The lowest BCUT2D eigenvalue weighted by Gasteiger charge is -2.29. The number of rotatable bonds is 3. The van der Waals surface area contributed by atoms with Gasteiger partial charge in [-0.3, -0.25) is 4.79 Å². The van der Waals surface area contributed by atoms with E-state index in [4.69, 9.17) is 5.73 Å². The summed E-state index contributed by atoms with van der Waals surface area (Å²) in [6.07, 6.45) is 4.90. The Morgan fingerprint density at radius 2 is 2.31 bits per heavy atom. The van der Waals surface area contributed by atoms with E-state index < -0.39 is 0 Å². The standard InChI is InChI=1S/C12H18N2OS/c13-10-3-1-2-4-11(10)14-12(15)7-9-5-6-16-8-9/h5-6,8,10-11H,1-4,7,13H2,(H,14,15)/t10-,11-/m1/s1. The van der Waals surface area contributed by atoms with E-state index >= 15 is 0 Å². The molecular weight excluding hydrogens is 220 g/mol. The van der Waals surface area contributed by atoms with E-state index in [0.29, 0.717) is 6.42 Å². The summed E-state index contributed by atoms with van der Waals surface area (Å²) in [4.78, 5) is 11.8. The van der Waals surface area contributed by atoms with Gasteiger partial charge in [0.25, 0.3) is 0 Å². The van der Waals surface area contributed by atoms with Gasteiger partial charge in [-0.2, -0.15) is 11.3 Å². The summed E-state index contributed by atoms with van der Waals surface area (Å²) in [5.41, 5.74) is 7.08. The third-order valence-electron chi connectivity index (χ3n) is 3.11. The molecule has 0 aliphatic heterocycles. The summed E-state index contributed by atoms with van der Waals surface area (Å²) in [6, 6.07) is 2.31. The molecule has 2 atom stereocenters. The molecule has 16 heavy (non-hydrogen) atoms. The summed E-state index contributed by atoms with van der Waals surface area (Å²) in [7, 11) is 0. The highest BCUT2D eigenvalue weighted by Crippen LogP contribution is 2.17. The number of hydrogen-bond acceptors (Lipinski definition) is 3. The normalized spacial score (nSPS) is 25.3. The molecule has 1 amide bonds. The molecule has 4 heteroatoms. The smallest absolute Gasteiger partial charge is 0.224 e. The van der Waals surface area contributed by atoms with Gasteiger partial charge in [-0.25, -0.2) is 0 Å². The van der Waals surface area contributed by atoms with E-state index in [1.165, 1.54) is 12.8 Å². The van der Waals surface area contributed by atoms with Crippen LogP contribution in [-0.2, 0) is 11.2 Å². The molecule has 3 nitrogen and oxygen atoms in total. The second-order valence-corrected chi connectivity index (χ2v) is 5.21. The number of carbonyl (C=O) groups excluding carboxylic acids is 1. The number of nitrogens with one attached hydrogen (secondary N) is 1. The molecule has 0 saturated heterocycles. The van der Waals surface area contributed by atoms with Gasteiger partial charge in [0.2, 0.25) is 5.91 Å². The lowest BCUT2D eigenvalue weighted by Crippen LogP contribution is -2.49. The first-order chi connectivity index (χ1) is 7.75. The minimum Gasteiger partial charge on any atom is -0.352 e. The SMILES string of the molecule is N[C@@H]1CCCC[C@H]1NC(=O)Cc1ccsc1. The largest absolute Gasteiger partial charge is 0.352 e. The van der Waals surface area contributed by atoms with Crippen LogP contribution >= 0.6 is 11.3 Å². The zero-order valence-corrected chi connectivity index (χ0v) is 10.1. The van der Waals surface area contributed by atoms with Crippen LogP contribution in [-0.4, -0.2) is 18.0 Å². The van der Waals surface area contributed by atoms with Crippen molar-refractivity contribution in [2.75, 3.05) is 0 Å². The fourth-order valence-electron chi connectivity index (χ4n) is 2.18. The van der Waals surface area contributed by atoms with Crippen molar-refractivity contribution >= 4 is 17.2 Å². The third kappa shape index (κ3) is 3.06. The van der Waals surface area contributed by atoms with Gasteiger partial charge in [-0.1, -0.05) is 12.8 Å². The van der Waals surface area contributed by atoms with Crippen molar-refractivity contribution in [3.63, 3.8) is 0 Å². The van der Waals surface area contributed by atoms with Crippen LogP contribution in [0.25, 0.3) is 0 Å². The van der Waals surface area contributed by atoms with Gasteiger partial charge in [0.15, 0.2) is 0 Å². The molecule has 0 aromatic carbocycles. The van der Waals surface area contributed by atoms with Crippen LogP contribution in [0.5, 0.6) is 0 Å². The van der Waals surface area contributed by atoms with Crippen LogP contribution in [0.4, 0.5) is 0 Å². The van der Waals surface area contributed by atoms with Gasteiger partial charge in [-0.05, 0) is 35.2 Å². The molecule has 1 heterocycles. The molecule has 88 valence electrons. The third-order valence-corrected chi connectivity index (χ3v) is 3.84. The summed E-state index contributed by atoms with van der Waals surface area (Å²) in [5.74, 6) is 0.0979. The fourth-order valence-corrected chi connectivity index (χ4v) is 2.84. The summed E-state index contributed by atoms with van der Waals surface area (Å²) < 4.78 is 0. The Morgan fingerprint density at radius 1 is 1.50 bits per heavy atom. The van der Waals surface area contributed by atoms with E-state index in [9.17, 15) is 4.79 Å². The van der Waals surface area contributed by atoms with Gasteiger partial charge in [0, 0.05) is 12.1 Å². The second-order valence-electron chi connectivity index (χ2n) is 4.43. The number of nitrogens with two attached hydrogens (primary N) is 1. The number of hydrogen-bond donors (Lipinski definition) is 2. The molecule has 0 bridgehead atoms. The predicted octanol–water partition coefficient (Wildman–Crippen LogP) is 1.68. The van der Waals surface area contributed by atoms with Crippen LogP contribution in [0.15, 0.2) is 16.8 Å². The molecular formula is C12H18N2OS. The van der Waals surface area contributed by atoms with E-state index in [1.54, 1.807) is 11.3 Å². The van der Waals surface area contributed by atoms with Gasteiger partial charge in [-0.15, -0.1) is 0 Å². The van der Waals surface area contributed by atoms with Crippen LogP contribution in [0.1, 0.15) is 31.2 Å². The Hall–Kier alpha value is -0.870. The predicted molar refractivity (Wildman–Crippen MR) is 66.4 cm³/mol. The summed E-state index contributed by atoms with van der Waals surface area (Å²) in [6.45, 7) is 0. The Labute approximate surface area is 100 Å². The fraction of sp³-hybridized carbons (Fsp3) is 0.583. The molecule has 1 aromatic rings. The topological polar surface area (TPSA) is 55.1 Å². The number of carbonyl (C=O) groups is 1. The maximum Gasteiger partial charge on any atom is 0.224 e. The molecule has 1 fully saturated rings. The van der Waals surface area contributed by atoms with Crippen LogP contribution < -0.4 is 11.1 Å². The first kappa shape index (κ1) is 11.6. The van der Waals surface area contributed by atoms with Crippen LogP contribution in [0, 0.1) is 0 Å². The average molecular weight is 238 g/mol. The Bertz CT molecular complexity index is 337. The van der Waals surface area contributed by atoms with E-state index in [-0.39, 0.29) is 18.0 Å². The minimum absolute atomic E-state index is 0.0979. The maximum atomic E-state index is 11.8. The van der Waals surface area contributed by atoms with Gasteiger partial charge >= 0.3 is 0 Å². The van der Waals surface area contributed by atoms with Crippen molar-refractivity contribution < 1.29 is 4.79 Å². The van der Waals surface area contributed by atoms with Gasteiger partial charge < -0.3 is 11.1 Å². The average Bonchev–Trinajstić information content (AvgIpc) is 2.74. The highest BCUT2D eigenvalue weighted by atomic mass is 32.1. The molecule has 1 aromatic heterocycles. The zero-order valence-electron chi connectivity index (χ0n) is 9.32. The number of thiophene rings is 1. The molecule has 3 N–H and O–H groups in total. The molecule has 2 rings (SSSR count). The molecule has 1 saturated carbocycles. The summed E-state index contributed by atoms with van der Waals surface area (Å²) >= 11 is 1.62. The minimum atomic E-state index is 0.0979. The van der Waals surface area contributed by atoms with E-state index in [1.807, 2.05) is 16.8 Å². The van der Waals surface area contributed by atoms with Gasteiger partial charge in [0.1, 0.15) is 0 Å². The lowest BCUT2D eigenvalue weighted by molar-refractivity contribution is -0.121. The van der Waals surface area contributed by atoms with Crippen LogP contribution in [0.2, 0.25) is 0 Å². The second kappa shape index (κ2) is 5.46. The van der Waals surface area contributed by atoms with Crippen molar-refractivity contribution in [2.45, 2.75) is 44.2 Å². The van der Waals surface area contributed by atoms with Crippen molar-refractivity contribution in [3.05, 3.63) is 22.4 Å². The molecule has 0 spiro atoms. The van der Waals surface area contributed by atoms with Crippen molar-refractivity contribution in [1.29, 1.82) is 0 Å². The Kier molecular flexibility index (Phi) is 3.96. The quantitative estimate of drug-likeness (QED) is 0.841. The maximum absolute atomic E-state index is 11.8. The van der Waals surface area contributed by atoms with Crippen molar-refractivity contribution in [1.82, 2.24) is 5.32 Å². The van der Waals surface area contributed by atoms with Crippen LogP contribution in [0.3, 0.4) is 0 Å². The monoisotopic (exact) mass is 238 g/mol. The molecule has 0 unspecified atom stereocenters. The van der Waals surface area contributed by atoms with E-state index in [0.717, 1.165) is 18.4 Å². The van der Waals surface area contributed by atoms with Gasteiger partial charge in [0.05, 0.1) is 6.42 Å². The highest BCUT2D eigenvalue weighted by Gasteiger charge is 2.23.